The van der Waals surface area contributed by atoms with E-state index in [0.717, 1.165) is 11.3 Å². The molecule has 4 nitrogen and oxygen atoms in total. The fraction of sp³-hybridized carbons (Fsp3) is 0.0476. The van der Waals surface area contributed by atoms with Gasteiger partial charge < -0.3 is 4.42 Å². The lowest BCUT2D eigenvalue weighted by Gasteiger charge is -2.10. The van der Waals surface area contributed by atoms with Gasteiger partial charge in [-0.3, -0.25) is 4.79 Å². The van der Waals surface area contributed by atoms with Crippen molar-refractivity contribution in [3.63, 3.8) is 0 Å². The smallest absolute Gasteiger partial charge is 0.280 e. The minimum absolute atomic E-state index is 0.176. The summed E-state index contributed by atoms with van der Waals surface area (Å²) in [6.45, 7) is 1.81. The topological polar surface area (TPSA) is 45.8 Å². The maximum atomic E-state index is 12.7. The highest BCUT2D eigenvalue weighted by molar-refractivity contribution is 6.33. The summed E-state index contributed by atoms with van der Waals surface area (Å²) in [5, 5.41) is 6.38. The van der Waals surface area contributed by atoms with Gasteiger partial charge in [0.25, 0.3) is 5.91 Å². The first-order chi connectivity index (χ1) is 12.6. The van der Waals surface area contributed by atoms with Crippen molar-refractivity contribution in [2.75, 3.05) is 5.01 Å². The molecule has 128 valence electrons. The van der Waals surface area contributed by atoms with E-state index in [-0.39, 0.29) is 5.91 Å². The van der Waals surface area contributed by atoms with Crippen LogP contribution in [-0.4, -0.2) is 11.6 Å². The van der Waals surface area contributed by atoms with E-state index in [1.807, 2.05) is 73.7 Å². The minimum Gasteiger partial charge on any atom is -0.457 e. The molecular weight excluding hydrogens is 348 g/mol. The van der Waals surface area contributed by atoms with Crippen molar-refractivity contribution in [3.8, 4) is 11.3 Å². The average Bonchev–Trinajstić information content (AvgIpc) is 3.23. The van der Waals surface area contributed by atoms with Crippen LogP contribution in [0.25, 0.3) is 17.4 Å². The molecule has 0 atom stereocenters. The third-order valence-corrected chi connectivity index (χ3v) is 4.45. The Morgan fingerprint density at radius 3 is 2.50 bits per heavy atom. The normalized spacial score (nSPS) is 15.6. The molecule has 0 unspecified atom stereocenters. The van der Waals surface area contributed by atoms with Crippen LogP contribution in [0.5, 0.6) is 0 Å². The largest absolute Gasteiger partial charge is 0.457 e. The van der Waals surface area contributed by atoms with Crippen LogP contribution in [0.1, 0.15) is 12.7 Å². The van der Waals surface area contributed by atoms with Crippen molar-refractivity contribution in [2.24, 2.45) is 5.10 Å². The standard InChI is InChI=1S/C21H15ClN2O2/c1-14-18(21(25)24(23-14)15-7-3-2-4-8-15)13-16-11-12-20(26-16)17-9-5-6-10-19(17)22/h2-13H,1H3/b18-13-. The average molecular weight is 363 g/mol. The van der Waals surface area contributed by atoms with Crippen LogP contribution >= 0.6 is 11.6 Å². The molecule has 0 N–H and O–H groups in total. The lowest BCUT2D eigenvalue weighted by molar-refractivity contribution is -0.114. The van der Waals surface area contributed by atoms with Crippen molar-refractivity contribution in [3.05, 3.63) is 83.1 Å². The summed E-state index contributed by atoms with van der Waals surface area (Å²) in [6.07, 6.45) is 1.71. The monoisotopic (exact) mass is 362 g/mol. The van der Waals surface area contributed by atoms with Crippen LogP contribution in [0, 0.1) is 0 Å². The Hall–Kier alpha value is -3.11. The highest BCUT2D eigenvalue weighted by Crippen LogP contribution is 2.30. The van der Waals surface area contributed by atoms with E-state index in [9.17, 15) is 4.79 Å². The van der Waals surface area contributed by atoms with Crippen LogP contribution in [0.2, 0.25) is 5.02 Å². The predicted molar refractivity (Wildman–Crippen MR) is 104 cm³/mol. The summed E-state index contributed by atoms with van der Waals surface area (Å²) in [7, 11) is 0. The van der Waals surface area contributed by atoms with Crippen molar-refractivity contribution < 1.29 is 9.21 Å². The zero-order chi connectivity index (χ0) is 18.1. The fourth-order valence-electron chi connectivity index (χ4n) is 2.81. The Bertz CT molecular complexity index is 1030. The summed E-state index contributed by atoms with van der Waals surface area (Å²) in [6, 6.07) is 20.5. The maximum absolute atomic E-state index is 12.7. The van der Waals surface area contributed by atoms with Gasteiger partial charge in [0, 0.05) is 5.56 Å². The number of amides is 1. The van der Waals surface area contributed by atoms with Crippen molar-refractivity contribution >= 4 is 35.0 Å². The van der Waals surface area contributed by atoms with E-state index in [2.05, 4.69) is 5.10 Å². The summed E-state index contributed by atoms with van der Waals surface area (Å²) in [5.41, 5.74) is 2.70. The number of hydrogen-bond acceptors (Lipinski definition) is 3. The molecule has 0 aliphatic carbocycles. The molecule has 1 aliphatic rings. The highest BCUT2D eigenvalue weighted by atomic mass is 35.5. The molecule has 2 aromatic carbocycles. The third kappa shape index (κ3) is 2.95. The van der Waals surface area contributed by atoms with Gasteiger partial charge in [-0.05, 0) is 49.4 Å². The lowest BCUT2D eigenvalue weighted by Crippen LogP contribution is -2.21. The first kappa shape index (κ1) is 16.4. The van der Waals surface area contributed by atoms with Crippen LogP contribution in [0.4, 0.5) is 5.69 Å². The number of nitrogens with zero attached hydrogens (tertiary/aromatic N) is 2. The van der Waals surface area contributed by atoms with Gasteiger partial charge in [-0.2, -0.15) is 10.1 Å². The molecule has 5 heteroatoms. The molecule has 0 fully saturated rings. The molecule has 0 radical (unpaired) electrons. The van der Waals surface area contributed by atoms with Crippen LogP contribution in [-0.2, 0) is 4.79 Å². The maximum Gasteiger partial charge on any atom is 0.280 e. The number of furan rings is 1. The summed E-state index contributed by atoms with van der Waals surface area (Å²) < 4.78 is 5.86. The zero-order valence-electron chi connectivity index (χ0n) is 14.0. The molecule has 2 heterocycles. The van der Waals surface area contributed by atoms with E-state index < -0.39 is 0 Å². The Balaban J connectivity index is 1.65. The second-order valence-electron chi connectivity index (χ2n) is 5.88. The molecule has 0 saturated carbocycles. The van der Waals surface area contributed by atoms with E-state index in [0.29, 0.717) is 27.8 Å². The van der Waals surface area contributed by atoms with Crippen LogP contribution in [0.3, 0.4) is 0 Å². The first-order valence-corrected chi connectivity index (χ1v) is 8.53. The summed E-state index contributed by atoms with van der Waals surface area (Å²) >= 11 is 6.22. The number of rotatable bonds is 3. The Kier molecular flexibility index (Phi) is 4.19. The molecule has 4 rings (SSSR count). The minimum atomic E-state index is -0.176. The molecule has 3 aromatic rings. The van der Waals surface area contributed by atoms with E-state index in [1.54, 1.807) is 6.08 Å². The third-order valence-electron chi connectivity index (χ3n) is 4.12. The number of carbonyl (C=O) groups is 1. The predicted octanol–water partition coefficient (Wildman–Crippen LogP) is 5.41. The van der Waals surface area contributed by atoms with Gasteiger partial charge in [0.2, 0.25) is 0 Å². The molecule has 1 aliphatic heterocycles. The molecule has 26 heavy (non-hydrogen) atoms. The fourth-order valence-corrected chi connectivity index (χ4v) is 3.04. The first-order valence-electron chi connectivity index (χ1n) is 8.15. The number of halogens is 1. The summed E-state index contributed by atoms with van der Waals surface area (Å²) in [5.74, 6) is 1.06. The van der Waals surface area contributed by atoms with Gasteiger partial charge in [-0.25, -0.2) is 0 Å². The quantitative estimate of drug-likeness (QED) is 0.585. The van der Waals surface area contributed by atoms with Gasteiger partial charge in [-0.15, -0.1) is 0 Å². The number of benzene rings is 2. The number of carbonyl (C=O) groups excluding carboxylic acids is 1. The second-order valence-corrected chi connectivity index (χ2v) is 6.28. The molecule has 0 saturated heterocycles. The van der Waals surface area contributed by atoms with Gasteiger partial charge >= 0.3 is 0 Å². The Morgan fingerprint density at radius 2 is 1.73 bits per heavy atom. The molecule has 0 bridgehead atoms. The Labute approximate surface area is 156 Å². The van der Waals surface area contributed by atoms with E-state index in [1.165, 1.54) is 5.01 Å². The van der Waals surface area contributed by atoms with Gasteiger partial charge in [0.05, 0.1) is 22.0 Å². The van der Waals surface area contributed by atoms with Gasteiger partial charge in [0.15, 0.2) is 0 Å². The van der Waals surface area contributed by atoms with Crippen LogP contribution in [0.15, 0.2) is 81.8 Å². The Morgan fingerprint density at radius 1 is 1.00 bits per heavy atom. The SMILES string of the molecule is CC1=NN(c2ccccc2)C(=O)/C1=C\c1ccc(-c2ccccc2Cl)o1. The number of anilines is 1. The zero-order valence-corrected chi connectivity index (χ0v) is 14.8. The van der Waals surface area contributed by atoms with E-state index in [4.69, 9.17) is 16.0 Å². The van der Waals surface area contributed by atoms with Crippen molar-refractivity contribution in [2.45, 2.75) is 6.92 Å². The number of para-hydroxylation sites is 1. The van der Waals surface area contributed by atoms with E-state index >= 15 is 0 Å². The lowest BCUT2D eigenvalue weighted by atomic mass is 10.1. The van der Waals surface area contributed by atoms with Crippen molar-refractivity contribution in [1.29, 1.82) is 0 Å². The molecule has 1 aromatic heterocycles. The van der Waals surface area contributed by atoms with Crippen molar-refractivity contribution in [1.82, 2.24) is 0 Å². The van der Waals surface area contributed by atoms with Crippen LogP contribution < -0.4 is 5.01 Å². The number of hydrogen-bond donors (Lipinski definition) is 0. The molecule has 0 spiro atoms. The van der Waals surface area contributed by atoms with Gasteiger partial charge in [-0.1, -0.05) is 41.9 Å². The van der Waals surface area contributed by atoms with Gasteiger partial charge in [0.1, 0.15) is 11.5 Å². The molecular formula is C21H15ClN2O2. The molecule has 1 amide bonds. The number of hydrazone groups is 1. The summed E-state index contributed by atoms with van der Waals surface area (Å²) in [4.78, 5) is 12.7. The second kappa shape index (κ2) is 6.65. The highest BCUT2D eigenvalue weighted by Gasteiger charge is 2.28.